The van der Waals surface area contributed by atoms with Gasteiger partial charge in [0.15, 0.2) is 5.78 Å². The van der Waals surface area contributed by atoms with E-state index in [-0.39, 0.29) is 17.8 Å². The van der Waals surface area contributed by atoms with Gasteiger partial charge in [-0.1, -0.05) is 15.9 Å². The van der Waals surface area contributed by atoms with E-state index in [1.54, 1.807) is 6.26 Å². The highest BCUT2D eigenvalue weighted by atomic mass is 79.9. The summed E-state index contributed by atoms with van der Waals surface area (Å²) in [6.45, 7) is 0. The van der Waals surface area contributed by atoms with Crippen molar-refractivity contribution in [2.24, 2.45) is 0 Å². The number of alkyl halides is 4. The third-order valence-electron chi connectivity index (χ3n) is 2.11. The second-order valence-electron chi connectivity index (χ2n) is 3.31. The van der Waals surface area contributed by atoms with Crippen molar-refractivity contribution in [2.75, 3.05) is 11.6 Å². The smallest absolute Gasteiger partial charge is 0.294 e. The van der Waals surface area contributed by atoms with Gasteiger partial charge in [0.25, 0.3) is 0 Å². The number of Topliss-reactive ketones (excluding diaryl/α,β-unsaturated/α-hetero) is 1. The van der Waals surface area contributed by atoms with Crippen LogP contribution in [0.1, 0.15) is 22.3 Å². The maximum Gasteiger partial charge on any atom is 0.416 e. The van der Waals surface area contributed by atoms with E-state index < -0.39 is 11.7 Å². The molecule has 0 aliphatic carbocycles. The number of halogens is 4. The standard InChI is InChI=1S/C11H10BrF3OS/c1-17-9-5-7(10(16)2-3-12)4-8(6-9)11(13,14)15/h4-6H,2-3H2,1H3. The van der Waals surface area contributed by atoms with Gasteiger partial charge in [0.05, 0.1) is 5.56 Å². The number of benzene rings is 1. The Labute approximate surface area is 110 Å². The minimum atomic E-state index is -4.42. The summed E-state index contributed by atoms with van der Waals surface area (Å²) in [6.07, 6.45) is -2.56. The van der Waals surface area contributed by atoms with E-state index in [1.165, 1.54) is 17.8 Å². The quantitative estimate of drug-likeness (QED) is 0.463. The number of carbonyl (C=O) groups excluding carboxylic acids is 1. The molecule has 0 fully saturated rings. The Kier molecular flexibility index (Phi) is 5.06. The first kappa shape index (κ1) is 14.6. The average Bonchev–Trinajstić information content (AvgIpc) is 2.27. The number of carbonyl (C=O) groups is 1. The molecule has 0 spiro atoms. The molecule has 0 bridgehead atoms. The van der Waals surface area contributed by atoms with Crippen molar-refractivity contribution < 1.29 is 18.0 Å². The van der Waals surface area contributed by atoms with Gasteiger partial charge in [0.2, 0.25) is 0 Å². The molecule has 17 heavy (non-hydrogen) atoms. The number of thioether (sulfide) groups is 1. The molecule has 1 nitrogen and oxygen atoms in total. The van der Waals surface area contributed by atoms with Crippen LogP contribution in [0.5, 0.6) is 0 Å². The fraction of sp³-hybridized carbons (Fsp3) is 0.364. The monoisotopic (exact) mass is 326 g/mol. The van der Waals surface area contributed by atoms with Gasteiger partial charge in [-0.05, 0) is 24.5 Å². The summed E-state index contributed by atoms with van der Waals surface area (Å²) in [5, 5.41) is 0.441. The van der Waals surface area contributed by atoms with E-state index in [4.69, 9.17) is 0 Å². The molecule has 0 aromatic heterocycles. The van der Waals surface area contributed by atoms with E-state index in [2.05, 4.69) is 15.9 Å². The number of hydrogen-bond acceptors (Lipinski definition) is 2. The predicted octanol–water partition coefficient (Wildman–Crippen LogP) is 4.40. The summed E-state index contributed by atoms with van der Waals surface area (Å²) in [6, 6.07) is 3.45. The number of hydrogen-bond donors (Lipinski definition) is 0. The Balaban J connectivity index is 3.19. The summed E-state index contributed by atoms with van der Waals surface area (Å²) in [7, 11) is 0. The van der Waals surface area contributed by atoms with E-state index in [0.29, 0.717) is 10.2 Å². The summed E-state index contributed by atoms with van der Waals surface area (Å²) in [5.41, 5.74) is -0.661. The minimum absolute atomic E-state index is 0.114. The summed E-state index contributed by atoms with van der Waals surface area (Å²) in [4.78, 5) is 12.0. The van der Waals surface area contributed by atoms with Crippen LogP contribution in [-0.2, 0) is 6.18 Å². The highest BCUT2D eigenvalue weighted by molar-refractivity contribution is 9.09. The van der Waals surface area contributed by atoms with Gasteiger partial charge in [-0.25, -0.2) is 0 Å². The van der Waals surface area contributed by atoms with Crippen molar-refractivity contribution in [3.63, 3.8) is 0 Å². The van der Waals surface area contributed by atoms with E-state index in [0.717, 1.165) is 12.1 Å². The highest BCUT2D eigenvalue weighted by Gasteiger charge is 2.31. The summed E-state index contributed by atoms with van der Waals surface area (Å²) >= 11 is 4.28. The highest BCUT2D eigenvalue weighted by Crippen LogP contribution is 2.33. The molecule has 0 atom stereocenters. The Morgan fingerprint density at radius 2 is 2.00 bits per heavy atom. The normalized spacial score (nSPS) is 11.6. The first-order valence-corrected chi connectivity index (χ1v) is 7.08. The topological polar surface area (TPSA) is 17.1 Å². The van der Waals surface area contributed by atoms with Crippen LogP contribution in [0, 0.1) is 0 Å². The number of rotatable bonds is 4. The molecule has 0 radical (unpaired) electrons. The van der Waals surface area contributed by atoms with Crippen LogP contribution in [0.15, 0.2) is 23.1 Å². The SMILES string of the molecule is CSc1cc(C(=O)CCBr)cc(C(F)(F)F)c1. The molecule has 0 amide bonds. The van der Waals surface area contributed by atoms with Gasteiger partial charge in [-0.15, -0.1) is 11.8 Å². The Morgan fingerprint density at radius 3 is 2.47 bits per heavy atom. The average molecular weight is 327 g/mol. The van der Waals surface area contributed by atoms with Crippen molar-refractivity contribution in [1.29, 1.82) is 0 Å². The molecule has 0 heterocycles. The molecule has 0 aliphatic heterocycles. The van der Waals surface area contributed by atoms with Crippen molar-refractivity contribution in [1.82, 2.24) is 0 Å². The Hall–Kier alpha value is -0.490. The molecule has 6 heteroatoms. The van der Waals surface area contributed by atoms with E-state index >= 15 is 0 Å². The Morgan fingerprint density at radius 1 is 1.35 bits per heavy atom. The zero-order chi connectivity index (χ0) is 13.1. The first-order valence-electron chi connectivity index (χ1n) is 4.74. The van der Waals surface area contributed by atoms with Crippen LogP contribution in [0.25, 0.3) is 0 Å². The molecule has 1 aromatic rings. The van der Waals surface area contributed by atoms with Crippen LogP contribution in [-0.4, -0.2) is 17.4 Å². The van der Waals surface area contributed by atoms with E-state index in [1.807, 2.05) is 0 Å². The maximum absolute atomic E-state index is 12.6. The lowest BCUT2D eigenvalue weighted by Gasteiger charge is -2.10. The van der Waals surface area contributed by atoms with Gasteiger partial charge < -0.3 is 0 Å². The molecule has 0 saturated heterocycles. The molecule has 0 N–H and O–H groups in total. The van der Waals surface area contributed by atoms with Gasteiger partial charge in [0.1, 0.15) is 0 Å². The number of ketones is 1. The predicted molar refractivity (Wildman–Crippen MR) is 66.0 cm³/mol. The lowest BCUT2D eigenvalue weighted by atomic mass is 10.1. The summed E-state index contributed by atoms with van der Waals surface area (Å²) in [5.74, 6) is -0.289. The van der Waals surface area contributed by atoms with Crippen LogP contribution in [0.4, 0.5) is 13.2 Å². The fourth-order valence-corrected chi connectivity index (χ4v) is 2.12. The van der Waals surface area contributed by atoms with Crippen molar-refractivity contribution in [2.45, 2.75) is 17.5 Å². The van der Waals surface area contributed by atoms with E-state index in [9.17, 15) is 18.0 Å². The van der Waals surface area contributed by atoms with Gasteiger partial charge in [-0.3, -0.25) is 4.79 Å². The molecular weight excluding hydrogens is 317 g/mol. The van der Waals surface area contributed by atoms with Gasteiger partial charge in [-0.2, -0.15) is 13.2 Å². The maximum atomic E-state index is 12.6. The van der Waals surface area contributed by atoms with Crippen molar-refractivity contribution in [3.8, 4) is 0 Å². The first-order chi connectivity index (χ1) is 7.88. The van der Waals surface area contributed by atoms with Crippen LogP contribution in [0.3, 0.4) is 0 Å². The molecule has 0 aliphatic rings. The summed E-state index contributed by atoms with van der Waals surface area (Å²) < 4.78 is 37.8. The van der Waals surface area contributed by atoms with Gasteiger partial charge in [0, 0.05) is 22.2 Å². The fourth-order valence-electron chi connectivity index (χ4n) is 1.27. The lowest BCUT2D eigenvalue weighted by molar-refractivity contribution is -0.137. The molecule has 0 unspecified atom stereocenters. The largest absolute Gasteiger partial charge is 0.416 e. The molecule has 1 rings (SSSR count). The molecule has 0 saturated carbocycles. The molecule has 94 valence electrons. The molecular formula is C11H10BrF3OS. The zero-order valence-electron chi connectivity index (χ0n) is 8.97. The van der Waals surface area contributed by atoms with Crippen LogP contribution >= 0.6 is 27.7 Å². The van der Waals surface area contributed by atoms with Crippen LogP contribution in [0.2, 0.25) is 0 Å². The third-order valence-corrected chi connectivity index (χ3v) is 3.22. The second-order valence-corrected chi connectivity index (χ2v) is 4.98. The molecule has 1 aromatic carbocycles. The second kappa shape index (κ2) is 5.91. The van der Waals surface area contributed by atoms with Crippen molar-refractivity contribution >= 4 is 33.5 Å². The zero-order valence-corrected chi connectivity index (χ0v) is 11.4. The third kappa shape index (κ3) is 4.03. The van der Waals surface area contributed by atoms with Crippen LogP contribution < -0.4 is 0 Å². The Bertz CT molecular complexity index is 418. The van der Waals surface area contributed by atoms with Gasteiger partial charge >= 0.3 is 6.18 Å². The lowest BCUT2D eigenvalue weighted by Crippen LogP contribution is -2.08. The minimum Gasteiger partial charge on any atom is -0.294 e. The van der Waals surface area contributed by atoms with Crippen molar-refractivity contribution in [3.05, 3.63) is 29.3 Å².